The summed E-state index contributed by atoms with van der Waals surface area (Å²) < 4.78 is 1.73. The van der Waals surface area contributed by atoms with E-state index in [1.807, 2.05) is 6.07 Å². The maximum absolute atomic E-state index is 11.3. The zero-order chi connectivity index (χ0) is 15.5. The Morgan fingerprint density at radius 2 is 2.32 bits per heavy atom. The van der Waals surface area contributed by atoms with Crippen molar-refractivity contribution < 1.29 is 9.90 Å². The first-order valence-electron chi connectivity index (χ1n) is 6.78. The second-order valence-corrected chi connectivity index (χ2v) is 5.65. The van der Waals surface area contributed by atoms with E-state index in [1.54, 1.807) is 28.9 Å². The molecule has 2 aromatic heterocycles. The second kappa shape index (κ2) is 6.12. The Morgan fingerprint density at radius 3 is 3.09 bits per heavy atom. The Kier molecular flexibility index (Phi) is 4.03. The minimum Gasteiger partial charge on any atom is -0.396 e. The number of hydrogen-bond acceptors (Lipinski definition) is 6. The number of primary amides is 1. The molecule has 0 bridgehead atoms. The third-order valence-electron chi connectivity index (χ3n) is 3.14. The first-order valence-corrected chi connectivity index (χ1v) is 7.60. The van der Waals surface area contributed by atoms with Crippen LogP contribution in [0.25, 0.3) is 16.2 Å². The number of benzene rings is 1. The highest BCUT2D eigenvalue weighted by Gasteiger charge is 2.12. The first kappa shape index (κ1) is 14.5. The fourth-order valence-electron chi connectivity index (χ4n) is 2.07. The van der Waals surface area contributed by atoms with Gasteiger partial charge in [0.15, 0.2) is 0 Å². The third kappa shape index (κ3) is 2.78. The number of carbonyl (C=O) groups is 1. The van der Waals surface area contributed by atoms with Crippen LogP contribution in [0, 0.1) is 0 Å². The number of amides is 1. The summed E-state index contributed by atoms with van der Waals surface area (Å²) in [5, 5.41) is 17.1. The van der Waals surface area contributed by atoms with Gasteiger partial charge in [0.25, 0.3) is 0 Å². The van der Waals surface area contributed by atoms with Crippen molar-refractivity contribution in [3.8, 4) is 11.3 Å². The zero-order valence-electron chi connectivity index (χ0n) is 11.7. The molecule has 0 fully saturated rings. The summed E-state index contributed by atoms with van der Waals surface area (Å²) in [6.45, 7) is 0.792. The summed E-state index contributed by atoms with van der Waals surface area (Å²) in [6.07, 6.45) is 2.38. The molecule has 0 aliphatic rings. The van der Waals surface area contributed by atoms with Crippen LogP contribution in [0.1, 0.15) is 16.8 Å². The molecule has 4 N–H and O–H groups in total. The molecular formula is C14H15N5O2S. The summed E-state index contributed by atoms with van der Waals surface area (Å²) in [4.78, 5) is 16.4. The van der Waals surface area contributed by atoms with Gasteiger partial charge in [0, 0.05) is 24.3 Å². The molecule has 1 aromatic carbocycles. The highest BCUT2D eigenvalue weighted by Crippen LogP contribution is 2.26. The number of anilines is 1. The molecule has 3 rings (SSSR count). The van der Waals surface area contributed by atoms with Crippen molar-refractivity contribution >= 4 is 27.3 Å². The fraction of sp³-hybridized carbons (Fsp3) is 0.214. The van der Waals surface area contributed by atoms with Gasteiger partial charge in [0.1, 0.15) is 0 Å². The van der Waals surface area contributed by atoms with Gasteiger partial charge in [-0.1, -0.05) is 23.5 Å². The van der Waals surface area contributed by atoms with E-state index in [9.17, 15) is 4.79 Å². The predicted octanol–water partition coefficient (Wildman–Crippen LogP) is 1.35. The van der Waals surface area contributed by atoms with E-state index in [2.05, 4.69) is 15.4 Å². The third-order valence-corrected chi connectivity index (χ3v) is 4.02. The number of carbonyl (C=O) groups excluding carboxylic acids is 1. The minimum absolute atomic E-state index is 0.140. The van der Waals surface area contributed by atoms with Crippen LogP contribution in [-0.2, 0) is 0 Å². The number of aliphatic hydroxyl groups excluding tert-OH is 1. The lowest BCUT2D eigenvalue weighted by Gasteiger charge is -2.01. The number of nitrogens with one attached hydrogen (secondary N) is 1. The number of fused-ring (bicyclic) bond motifs is 1. The molecule has 0 aliphatic heterocycles. The Hall–Kier alpha value is -2.45. The highest BCUT2D eigenvalue weighted by atomic mass is 32.1. The summed E-state index contributed by atoms with van der Waals surface area (Å²) >= 11 is 1.43. The normalized spacial score (nSPS) is 11.0. The predicted molar refractivity (Wildman–Crippen MR) is 85.0 cm³/mol. The van der Waals surface area contributed by atoms with Crippen molar-refractivity contribution in [3.05, 3.63) is 36.0 Å². The number of nitrogens with zero attached hydrogens (tertiary/aromatic N) is 3. The van der Waals surface area contributed by atoms with Gasteiger partial charge in [-0.15, -0.1) is 5.10 Å². The molecule has 114 valence electrons. The van der Waals surface area contributed by atoms with E-state index in [-0.39, 0.29) is 6.61 Å². The van der Waals surface area contributed by atoms with Crippen LogP contribution in [0.3, 0.4) is 0 Å². The number of aromatic nitrogens is 3. The minimum atomic E-state index is -0.466. The number of hydrogen-bond donors (Lipinski definition) is 3. The molecule has 0 saturated carbocycles. The summed E-state index contributed by atoms with van der Waals surface area (Å²) in [7, 11) is 0. The van der Waals surface area contributed by atoms with Crippen LogP contribution in [0.15, 0.2) is 30.5 Å². The Balaban J connectivity index is 1.93. The molecule has 0 aliphatic carbocycles. The zero-order valence-corrected chi connectivity index (χ0v) is 12.5. The molecule has 8 heteroatoms. The van der Waals surface area contributed by atoms with Crippen LogP contribution in [-0.4, -0.2) is 38.8 Å². The summed E-state index contributed by atoms with van der Waals surface area (Å²) in [6, 6.07) is 7.06. The molecule has 0 unspecified atom stereocenters. The average molecular weight is 317 g/mol. The topological polar surface area (TPSA) is 106 Å². The van der Waals surface area contributed by atoms with Gasteiger partial charge in [-0.05, 0) is 18.6 Å². The van der Waals surface area contributed by atoms with Crippen LogP contribution in [0.4, 0.5) is 5.13 Å². The van der Waals surface area contributed by atoms with Crippen LogP contribution >= 0.6 is 11.3 Å². The number of nitrogens with two attached hydrogens (primary N) is 1. The molecule has 0 radical (unpaired) electrons. The van der Waals surface area contributed by atoms with Crippen molar-refractivity contribution in [2.45, 2.75) is 6.42 Å². The smallest absolute Gasteiger partial charge is 0.248 e. The summed E-state index contributed by atoms with van der Waals surface area (Å²) in [5.41, 5.74) is 7.39. The largest absolute Gasteiger partial charge is 0.396 e. The van der Waals surface area contributed by atoms with Crippen LogP contribution < -0.4 is 11.1 Å². The first-order chi connectivity index (χ1) is 10.7. The highest BCUT2D eigenvalue weighted by molar-refractivity contribution is 7.20. The molecule has 0 spiro atoms. The molecule has 1 amide bonds. The van der Waals surface area contributed by atoms with Gasteiger partial charge in [0.05, 0.1) is 11.9 Å². The van der Waals surface area contributed by atoms with E-state index in [4.69, 9.17) is 10.8 Å². The van der Waals surface area contributed by atoms with Gasteiger partial charge in [-0.25, -0.2) is 9.50 Å². The monoisotopic (exact) mass is 317 g/mol. The standard InChI is InChI=1S/C14H15N5O2S/c15-12(21)10-4-1-3-9(7-10)11-8-17-14-19(11)18-13(22-14)16-5-2-6-20/h1,3-4,7-8,20H,2,5-6H2,(H2,15,21)(H,16,18). The number of rotatable bonds is 6. The van der Waals surface area contributed by atoms with Gasteiger partial charge in [-0.3, -0.25) is 4.79 Å². The van der Waals surface area contributed by atoms with Crippen molar-refractivity contribution in [2.24, 2.45) is 5.73 Å². The van der Waals surface area contributed by atoms with E-state index < -0.39 is 5.91 Å². The lowest BCUT2D eigenvalue weighted by molar-refractivity contribution is 0.100. The average Bonchev–Trinajstić information content (AvgIpc) is 3.07. The SMILES string of the molecule is NC(=O)c1cccc(-c2cnc3sc(NCCCO)nn23)c1. The molecular weight excluding hydrogens is 302 g/mol. The maximum atomic E-state index is 11.3. The van der Waals surface area contributed by atoms with E-state index in [0.29, 0.717) is 18.5 Å². The van der Waals surface area contributed by atoms with E-state index in [1.165, 1.54) is 11.3 Å². The van der Waals surface area contributed by atoms with Crippen LogP contribution in [0.2, 0.25) is 0 Å². The van der Waals surface area contributed by atoms with Crippen LogP contribution in [0.5, 0.6) is 0 Å². The molecule has 7 nitrogen and oxygen atoms in total. The fourth-order valence-corrected chi connectivity index (χ4v) is 2.87. The van der Waals surface area contributed by atoms with Gasteiger partial charge < -0.3 is 16.2 Å². The Bertz CT molecular complexity index is 811. The van der Waals surface area contributed by atoms with Gasteiger partial charge >= 0.3 is 0 Å². The molecule has 0 saturated heterocycles. The Morgan fingerprint density at radius 1 is 1.45 bits per heavy atom. The Labute approximate surface area is 130 Å². The lowest BCUT2D eigenvalue weighted by Crippen LogP contribution is -2.10. The van der Waals surface area contributed by atoms with Crippen molar-refractivity contribution in [1.29, 1.82) is 0 Å². The lowest BCUT2D eigenvalue weighted by atomic mass is 10.1. The van der Waals surface area contributed by atoms with E-state index >= 15 is 0 Å². The second-order valence-electron chi connectivity index (χ2n) is 4.69. The quantitative estimate of drug-likeness (QED) is 0.595. The van der Waals surface area contributed by atoms with Crippen molar-refractivity contribution in [2.75, 3.05) is 18.5 Å². The van der Waals surface area contributed by atoms with E-state index in [0.717, 1.165) is 21.3 Å². The maximum Gasteiger partial charge on any atom is 0.248 e. The summed E-state index contributed by atoms with van der Waals surface area (Å²) in [5.74, 6) is -0.466. The molecule has 3 aromatic rings. The number of imidazole rings is 1. The van der Waals surface area contributed by atoms with Gasteiger partial charge in [0.2, 0.25) is 16.0 Å². The van der Waals surface area contributed by atoms with Crippen molar-refractivity contribution in [1.82, 2.24) is 14.6 Å². The van der Waals surface area contributed by atoms with Crippen molar-refractivity contribution in [3.63, 3.8) is 0 Å². The van der Waals surface area contributed by atoms with Gasteiger partial charge in [-0.2, -0.15) is 0 Å². The number of aliphatic hydroxyl groups is 1. The molecule has 0 atom stereocenters. The molecule has 22 heavy (non-hydrogen) atoms. The molecule has 2 heterocycles.